The summed E-state index contributed by atoms with van der Waals surface area (Å²) in [4.78, 5) is 10.9. The van der Waals surface area contributed by atoms with E-state index in [9.17, 15) is 4.79 Å². The molecule has 0 bridgehead atoms. The topological polar surface area (TPSA) is 29.1 Å². The third-order valence-corrected chi connectivity index (χ3v) is 2.97. The zero-order valence-electron chi connectivity index (χ0n) is 12.1. The molecule has 0 aromatic rings. The van der Waals surface area contributed by atoms with Crippen molar-refractivity contribution in [3.63, 3.8) is 0 Å². The lowest BCUT2D eigenvalue weighted by atomic mass is 10.1. The summed E-state index contributed by atoms with van der Waals surface area (Å²) in [6.45, 7) is 2.25. The molecule has 0 atom stereocenters. The Morgan fingerprint density at radius 3 is 2.17 bits per heavy atom. The normalized spacial score (nSPS) is 11.4. The maximum Gasteiger partial charge on any atom is 0.243 e. The highest BCUT2D eigenvalue weighted by Crippen LogP contribution is 2.09. The fourth-order valence-electron chi connectivity index (χ4n) is 1.80. The quantitative estimate of drug-likeness (QED) is 0.329. The first-order chi connectivity index (χ1) is 8.81. The first-order valence-corrected chi connectivity index (χ1v) is 7.36. The van der Waals surface area contributed by atoms with Crippen molar-refractivity contribution < 1.29 is 4.79 Å². The van der Waals surface area contributed by atoms with Crippen LogP contribution < -0.4 is 5.32 Å². The predicted molar refractivity (Wildman–Crippen MR) is 79.6 cm³/mol. The van der Waals surface area contributed by atoms with E-state index >= 15 is 0 Å². The van der Waals surface area contributed by atoms with Gasteiger partial charge in [0, 0.05) is 13.1 Å². The van der Waals surface area contributed by atoms with E-state index in [0.717, 1.165) is 6.42 Å². The largest absolute Gasteiger partial charge is 0.356 e. The van der Waals surface area contributed by atoms with E-state index in [0.29, 0.717) is 0 Å². The summed E-state index contributed by atoms with van der Waals surface area (Å²) in [5, 5.41) is 2.55. The molecular weight excluding hydrogens is 222 g/mol. The molecule has 1 N–H and O–H groups in total. The Morgan fingerprint density at radius 1 is 0.944 bits per heavy atom. The van der Waals surface area contributed by atoms with Gasteiger partial charge in [0.15, 0.2) is 0 Å². The fourth-order valence-corrected chi connectivity index (χ4v) is 1.80. The number of amides is 1. The van der Waals surface area contributed by atoms with E-state index in [-0.39, 0.29) is 5.91 Å². The van der Waals surface area contributed by atoms with Crippen LogP contribution in [0.4, 0.5) is 0 Å². The van der Waals surface area contributed by atoms with Crippen LogP contribution in [0.5, 0.6) is 0 Å². The first kappa shape index (κ1) is 16.9. The minimum absolute atomic E-state index is 0.0493. The molecule has 0 aliphatic rings. The Bertz CT molecular complexity index is 243. The van der Waals surface area contributed by atoms with Crippen LogP contribution in [0, 0.1) is 0 Å². The molecule has 0 aliphatic heterocycles. The molecule has 0 saturated carbocycles. The van der Waals surface area contributed by atoms with E-state index in [2.05, 4.69) is 18.3 Å². The van der Waals surface area contributed by atoms with Gasteiger partial charge in [-0.2, -0.15) is 0 Å². The number of nitrogens with one attached hydrogen (secondary N) is 1. The third-order valence-electron chi connectivity index (χ3n) is 2.97. The molecule has 0 aliphatic carbocycles. The molecule has 104 valence electrons. The van der Waals surface area contributed by atoms with Gasteiger partial charge in [0.05, 0.1) is 0 Å². The smallest absolute Gasteiger partial charge is 0.243 e. The van der Waals surface area contributed by atoms with E-state index in [1.807, 2.05) is 6.08 Å². The molecule has 0 heterocycles. The van der Waals surface area contributed by atoms with Crippen LogP contribution in [0.3, 0.4) is 0 Å². The number of hydrogen-bond acceptors (Lipinski definition) is 1. The van der Waals surface area contributed by atoms with Crippen LogP contribution in [0.25, 0.3) is 0 Å². The van der Waals surface area contributed by atoms with Crippen molar-refractivity contribution >= 4 is 5.91 Å². The van der Waals surface area contributed by atoms with Crippen molar-refractivity contribution in [1.29, 1.82) is 0 Å². The first-order valence-electron chi connectivity index (χ1n) is 7.36. The second-order valence-corrected chi connectivity index (χ2v) is 4.67. The zero-order valence-corrected chi connectivity index (χ0v) is 12.1. The van der Waals surface area contributed by atoms with Gasteiger partial charge >= 0.3 is 0 Å². The highest BCUT2D eigenvalue weighted by Gasteiger charge is 1.90. The van der Waals surface area contributed by atoms with Crippen molar-refractivity contribution in [2.24, 2.45) is 0 Å². The Balaban J connectivity index is 3.22. The minimum atomic E-state index is -0.0493. The maximum absolute atomic E-state index is 10.9. The van der Waals surface area contributed by atoms with E-state index in [1.54, 1.807) is 19.2 Å². The van der Waals surface area contributed by atoms with Crippen molar-refractivity contribution in [3.8, 4) is 0 Å². The van der Waals surface area contributed by atoms with E-state index in [4.69, 9.17) is 0 Å². The predicted octanol–water partition coefficient (Wildman–Crippen LogP) is 4.38. The molecule has 18 heavy (non-hydrogen) atoms. The maximum atomic E-state index is 10.9. The summed E-state index contributed by atoms with van der Waals surface area (Å²) in [6, 6.07) is 0. The van der Waals surface area contributed by atoms with Crippen LogP contribution in [-0.4, -0.2) is 13.0 Å². The monoisotopic (exact) mass is 251 g/mol. The molecule has 2 heteroatoms. The van der Waals surface area contributed by atoms with Crippen LogP contribution in [0.1, 0.15) is 64.7 Å². The summed E-state index contributed by atoms with van der Waals surface area (Å²) in [5.41, 5.74) is 0. The van der Waals surface area contributed by atoms with Gasteiger partial charge in [0.25, 0.3) is 0 Å². The second-order valence-electron chi connectivity index (χ2n) is 4.67. The van der Waals surface area contributed by atoms with Gasteiger partial charge in [-0.25, -0.2) is 0 Å². The molecule has 0 saturated heterocycles. The molecule has 1 amide bonds. The van der Waals surface area contributed by atoms with Crippen molar-refractivity contribution in [2.45, 2.75) is 64.7 Å². The van der Waals surface area contributed by atoms with Crippen LogP contribution >= 0.6 is 0 Å². The molecule has 0 aromatic carbocycles. The molecule has 0 spiro atoms. The summed E-state index contributed by atoms with van der Waals surface area (Å²) in [6.07, 6.45) is 19.4. The molecule has 0 radical (unpaired) electrons. The summed E-state index contributed by atoms with van der Waals surface area (Å²) < 4.78 is 0. The summed E-state index contributed by atoms with van der Waals surface area (Å²) >= 11 is 0. The highest BCUT2D eigenvalue weighted by atomic mass is 16.1. The van der Waals surface area contributed by atoms with Gasteiger partial charge < -0.3 is 5.32 Å². The van der Waals surface area contributed by atoms with Gasteiger partial charge in [-0.3, -0.25) is 4.79 Å². The molecule has 0 fully saturated rings. The number of unbranched alkanes of at least 4 members (excludes halogenated alkanes) is 8. The van der Waals surface area contributed by atoms with Gasteiger partial charge in [-0.15, -0.1) is 0 Å². The van der Waals surface area contributed by atoms with Crippen molar-refractivity contribution in [1.82, 2.24) is 5.32 Å². The standard InChI is InChI=1S/C16H29NO/c1-3-4-5-6-7-8-9-10-11-12-13-14-15-16(18)17-2/h12-15H,3-11H2,1-2H3,(H,17,18)/b13-12+,15-14+. The van der Waals surface area contributed by atoms with Gasteiger partial charge in [-0.1, -0.05) is 70.1 Å². The lowest BCUT2D eigenvalue weighted by Gasteiger charge is -1.99. The number of likely N-dealkylation sites (N-methyl/N-ethyl adjacent to an activating group) is 1. The zero-order chi connectivity index (χ0) is 13.5. The SMILES string of the molecule is CCCCCCCCCC/C=C/C=C/C(=O)NC. The molecule has 0 rings (SSSR count). The summed E-state index contributed by atoms with van der Waals surface area (Å²) in [7, 11) is 1.64. The van der Waals surface area contributed by atoms with Crippen molar-refractivity contribution in [2.75, 3.05) is 7.05 Å². The van der Waals surface area contributed by atoms with Gasteiger partial charge in [0.2, 0.25) is 5.91 Å². The van der Waals surface area contributed by atoms with E-state index < -0.39 is 0 Å². The second kappa shape index (κ2) is 14.0. The van der Waals surface area contributed by atoms with Gasteiger partial charge in [0.1, 0.15) is 0 Å². The fraction of sp³-hybridized carbons (Fsp3) is 0.688. The number of hydrogen-bond donors (Lipinski definition) is 1. The highest BCUT2D eigenvalue weighted by molar-refractivity contribution is 5.87. The molecule has 0 aromatic heterocycles. The van der Waals surface area contributed by atoms with Gasteiger partial charge in [-0.05, 0) is 12.8 Å². The number of carbonyl (C=O) groups is 1. The van der Waals surface area contributed by atoms with Crippen LogP contribution in [-0.2, 0) is 4.79 Å². The number of allylic oxidation sites excluding steroid dienone is 3. The minimum Gasteiger partial charge on any atom is -0.356 e. The molecule has 2 nitrogen and oxygen atoms in total. The molecule has 0 unspecified atom stereocenters. The third kappa shape index (κ3) is 13.0. The Morgan fingerprint density at radius 2 is 1.56 bits per heavy atom. The number of rotatable bonds is 11. The van der Waals surface area contributed by atoms with Crippen molar-refractivity contribution in [3.05, 3.63) is 24.3 Å². The Hall–Kier alpha value is -1.05. The van der Waals surface area contributed by atoms with Crippen LogP contribution in [0.2, 0.25) is 0 Å². The Labute approximate surface area is 113 Å². The summed E-state index contributed by atoms with van der Waals surface area (Å²) in [5.74, 6) is -0.0493. The average molecular weight is 251 g/mol. The average Bonchev–Trinajstić information content (AvgIpc) is 2.39. The number of carbonyl (C=O) groups excluding carboxylic acids is 1. The molecular formula is C16H29NO. The van der Waals surface area contributed by atoms with Crippen LogP contribution in [0.15, 0.2) is 24.3 Å². The van der Waals surface area contributed by atoms with E-state index in [1.165, 1.54) is 51.4 Å². The lowest BCUT2D eigenvalue weighted by Crippen LogP contribution is -2.13. The lowest BCUT2D eigenvalue weighted by molar-refractivity contribution is -0.116. The Kier molecular flexibility index (Phi) is 13.2.